The van der Waals surface area contributed by atoms with Crippen molar-refractivity contribution in [2.45, 2.75) is 304 Å². The van der Waals surface area contributed by atoms with Gasteiger partial charge in [-0.15, -0.1) is 0 Å². The second-order valence-electron chi connectivity index (χ2n) is 45.1. The minimum Gasteiger partial charge on any atom is -0.389 e. The maximum Gasteiger partial charge on any atom is 0.178 e. The average Bonchev–Trinajstić information content (AvgIpc) is 1.27. The van der Waals surface area contributed by atoms with Crippen molar-refractivity contribution >= 4 is 17.3 Å². The molecular weight excluding hydrogens is 1440 g/mol. The van der Waals surface area contributed by atoms with Gasteiger partial charge in [0, 0.05) is 80.8 Å². The Hall–Kier alpha value is -3.95. The van der Waals surface area contributed by atoms with Crippen LogP contribution in [0.5, 0.6) is 0 Å². The Labute approximate surface area is 696 Å². The van der Waals surface area contributed by atoms with Gasteiger partial charge in [-0.25, -0.2) is 0 Å². The molecular formula is C104H144O12. The van der Waals surface area contributed by atoms with Crippen LogP contribution in [0, 0.1) is 149 Å². The molecule has 0 aromatic rings. The maximum absolute atomic E-state index is 11.9. The first-order valence-corrected chi connectivity index (χ1v) is 47.8. The first-order valence-electron chi connectivity index (χ1n) is 47.8. The van der Waals surface area contributed by atoms with E-state index < -0.39 is 0 Å². The summed E-state index contributed by atoms with van der Waals surface area (Å²) in [5, 5.41) is 10.0. The molecule has 4 saturated heterocycles. The van der Waals surface area contributed by atoms with Crippen molar-refractivity contribution in [2.24, 2.45) is 149 Å². The SMILES string of the molecule is C[C@@]12CCCC1C1CCC3=CC(=O)C=C[C@]3(C)C1CC2.C[C@H]1C=C[C@@]2(C)C(=CCC3C2CC[C@@]2(C)C3CCC23OCCO3)C1.C[C@]12C=CC(=O)C=C1CCC1C2CC[C@@]2(C)C1CCC21OCCO1.C[C@]12C=CC(=O)CC1=CCC1C2CC[C@@]2(C)C1CCC21OCCO1.C[C@]12C=C[C@H](O)CC1=CCC1C2CC[C@@]2(C)C1CCC21OCCO1. The predicted octanol–water partition coefficient (Wildman–Crippen LogP) is 21.7. The molecule has 0 aromatic heterocycles. The van der Waals surface area contributed by atoms with Gasteiger partial charge >= 0.3 is 0 Å². The summed E-state index contributed by atoms with van der Waals surface area (Å²) < 4.78 is 49.7. The minimum atomic E-state index is -0.314. The molecule has 24 aliphatic rings. The Bertz CT molecular complexity index is 4120. The molecule has 4 aliphatic heterocycles. The number of ketones is 3. The van der Waals surface area contributed by atoms with Gasteiger partial charge in [0.25, 0.3) is 0 Å². The summed E-state index contributed by atoms with van der Waals surface area (Å²) in [5.41, 5.74) is 9.53. The maximum atomic E-state index is 11.9. The molecule has 16 fully saturated rings. The van der Waals surface area contributed by atoms with Crippen molar-refractivity contribution in [3.63, 3.8) is 0 Å². The first-order chi connectivity index (χ1) is 55.5. The average molecular weight is 1590 g/mol. The molecule has 4 spiro atoms. The van der Waals surface area contributed by atoms with Crippen LogP contribution in [0.15, 0.2) is 119 Å². The van der Waals surface area contributed by atoms with E-state index in [1.807, 2.05) is 30.4 Å². The smallest absolute Gasteiger partial charge is 0.178 e. The number of ether oxygens (including phenoxy) is 8. The summed E-state index contributed by atoms with van der Waals surface area (Å²) >= 11 is 0. The number of hydrogen-bond acceptors (Lipinski definition) is 12. The number of allylic oxidation sites excluding steroid dienone is 18. The molecule has 20 aliphatic carbocycles. The zero-order valence-corrected chi connectivity index (χ0v) is 73.0. The number of aliphatic hydroxyl groups is 1. The van der Waals surface area contributed by atoms with E-state index in [0.29, 0.717) is 64.6 Å². The fraction of sp³-hybridized carbons (Fsp3) is 0.779. The lowest BCUT2D eigenvalue weighted by Crippen LogP contribution is -2.54. The highest BCUT2D eigenvalue weighted by Gasteiger charge is 2.72. The lowest BCUT2D eigenvalue weighted by atomic mass is 9.48. The summed E-state index contributed by atoms with van der Waals surface area (Å²) in [6, 6.07) is 0. The third-order valence-electron chi connectivity index (χ3n) is 41.1. The lowest BCUT2D eigenvalue weighted by molar-refractivity contribution is -0.241. The van der Waals surface area contributed by atoms with Crippen LogP contribution in [0.2, 0.25) is 0 Å². The van der Waals surface area contributed by atoms with E-state index in [2.05, 4.69) is 131 Å². The standard InChI is InChI=1S/C22H32O2.C21H30O3.2C21H28O3.C19H26O/c1-15-6-9-20(2)16(14-15)4-5-17-18(20)7-10-21(3)19(17)8-11-22(21)23-12-13-24-22;3*1-19-8-5-15(22)13-14(19)3-4-16-17(19)6-9-20(2)18(16)7-10-21(20)23-11-12-24-21;1-18-9-3-4-16(18)15-6-5-13-12-14(20)7-11-19(13,2)17(15)8-10-18/h4,6,9,15,17-19H,5,7-8,10-14H2,1-3H3;3,5,8,15-18,22H,4,6-7,9-13H2,1-2H3;5,8,13,16-18H,3-4,6-7,9-12H2,1-2H3;3,5,8,16-18H,4,6-7,9-13H2,1-2H3;7,11-12,15-17H,3-6,8-10H2,1-2H3/t15-,17?,18?,19?,20-,21-;15-,16?,17?,18?,19-,20-;2*16?,17?,18?,19-,20-;15?,16?,17?,18-,19-/m00000/s1. The molecule has 12 nitrogen and oxygen atoms in total. The number of fused-ring (bicyclic) bond motifs is 29. The quantitative estimate of drug-likeness (QED) is 0.230. The minimum absolute atomic E-state index is 0.0886. The fourth-order valence-corrected chi connectivity index (χ4v) is 34.7. The van der Waals surface area contributed by atoms with Crippen molar-refractivity contribution < 1.29 is 57.4 Å². The van der Waals surface area contributed by atoms with E-state index in [4.69, 9.17) is 37.9 Å². The third-order valence-corrected chi connectivity index (χ3v) is 41.1. The fourth-order valence-electron chi connectivity index (χ4n) is 34.7. The van der Waals surface area contributed by atoms with E-state index in [9.17, 15) is 19.5 Å². The lowest BCUT2D eigenvalue weighted by Gasteiger charge is -2.57. The summed E-state index contributed by atoms with van der Waals surface area (Å²) in [6.07, 6.45) is 70.0. The largest absolute Gasteiger partial charge is 0.389 e. The third kappa shape index (κ3) is 11.7. The Balaban J connectivity index is 0.0000000937. The summed E-state index contributed by atoms with van der Waals surface area (Å²) in [7, 11) is 0. The monoisotopic (exact) mass is 1590 g/mol. The molecule has 15 unspecified atom stereocenters. The van der Waals surface area contributed by atoms with Crippen LogP contribution in [-0.4, -0.2) is 105 Å². The van der Waals surface area contributed by atoms with Gasteiger partial charge in [0.15, 0.2) is 40.5 Å². The topological polar surface area (TPSA) is 145 Å². The molecule has 4 heterocycles. The van der Waals surface area contributed by atoms with Gasteiger partial charge in [0.2, 0.25) is 0 Å². The Morgan fingerprint density at radius 2 is 0.664 bits per heavy atom. The molecule has 1 N–H and O–H groups in total. The van der Waals surface area contributed by atoms with E-state index in [-0.39, 0.29) is 89.9 Å². The van der Waals surface area contributed by atoms with E-state index in [0.717, 1.165) is 152 Å². The molecule has 632 valence electrons. The first kappa shape index (κ1) is 80.5. The van der Waals surface area contributed by atoms with E-state index in [1.165, 1.54) is 164 Å². The van der Waals surface area contributed by atoms with Crippen LogP contribution < -0.4 is 0 Å². The van der Waals surface area contributed by atoms with E-state index >= 15 is 0 Å². The Kier molecular flexibility index (Phi) is 19.8. The zero-order valence-electron chi connectivity index (χ0n) is 73.0. The zero-order chi connectivity index (χ0) is 80.3. The van der Waals surface area contributed by atoms with Crippen molar-refractivity contribution in [2.75, 3.05) is 52.9 Å². The van der Waals surface area contributed by atoms with Crippen molar-refractivity contribution in [3.05, 3.63) is 119 Å². The van der Waals surface area contributed by atoms with Gasteiger partial charge in [-0.3, -0.25) is 14.4 Å². The van der Waals surface area contributed by atoms with Crippen molar-refractivity contribution in [1.29, 1.82) is 0 Å². The van der Waals surface area contributed by atoms with Crippen LogP contribution in [0.1, 0.15) is 275 Å². The molecule has 12 saturated carbocycles. The van der Waals surface area contributed by atoms with Crippen LogP contribution in [0.4, 0.5) is 0 Å². The van der Waals surface area contributed by atoms with E-state index in [1.54, 1.807) is 11.6 Å². The van der Waals surface area contributed by atoms with Gasteiger partial charge in [-0.05, 0) is 291 Å². The molecule has 0 aromatic carbocycles. The number of rotatable bonds is 0. The number of carbonyl (C=O) groups is 3. The number of carbonyl (C=O) groups excluding carboxylic acids is 3. The number of hydrogen-bond donors (Lipinski definition) is 1. The molecule has 0 amide bonds. The van der Waals surface area contributed by atoms with Gasteiger partial charge < -0.3 is 43.0 Å². The normalized spacial score (nSPS) is 50.3. The predicted molar refractivity (Wildman–Crippen MR) is 451 cm³/mol. The molecule has 24 rings (SSSR count). The highest BCUT2D eigenvalue weighted by molar-refractivity contribution is 6.01. The summed E-state index contributed by atoms with van der Waals surface area (Å²) in [5.74, 6) is 11.5. The van der Waals surface area contributed by atoms with Crippen LogP contribution in [-0.2, 0) is 52.3 Å². The Morgan fingerprint density at radius 1 is 0.328 bits per heavy atom. The van der Waals surface area contributed by atoms with Gasteiger partial charge in [0.1, 0.15) is 0 Å². The summed E-state index contributed by atoms with van der Waals surface area (Å²) in [4.78, 5) is 35.4. The molecule has 0 bridgehead atoms. The van der Waals surface area contributed by atoms with Gasteiger partial charge in [0.05, 0.1) is 59.0 Å². The van der Waals surface area contributed by atoms with Gasteiger partial charge in [-0.1, -0.05) is 171 Å². The second-order valence-corrected chi connectivity index (χ2v) is 45.1. The molecule has 27 atom stereocenters. The molecule has 0 radical (unpaired) electrons. The second kappa shape index (κ2) is 28.5. The van der Waals surface area contributed by atoms with Crippen LogP contribution in [0.25, 0.3) is 0 Å². The highest BCUT2D eigenvalue weighted by atomic mass is 16.8. The van der Waals surface area contributed by atoms with Crippen molar-refractivity contribution in [1.82, 2.24) is 0 Å². The summed E-state index contributed by atoms with van der Waals surface area (Å²) in [6.45, 7) is 32.9. The Morgan fingerprint density at radius 3 is 1.09 bits per heavy atom. The molecule has 116 heavy (non-hydrogen) atoms. The van der Waals surface area contributed by atoms with Crippen LogP contribution in [0.3, 0.4) is 0 Å². The molecule has 12 heteroatoms. The highest BCUT2D eigenvalue weighted by Crippen LogP contribution is 2.74. The van der Waals surface area contributed by atoms with Gasteiger partial charge in [-0.2, -0.15) is 0 Å². The number of aliphatic hydroxyl groups excluding tert-OH is 1. The van der Waals surface area contributed by atoms with Crippen LogP contribution >= 0.6 is 0 Å². The van der Waals surface area contributed by atoms with Crippen molar-refractivity contribution in [3.8, 4) is 0 Å².